The van der Waals surface area contributed by atoms with Gasteiger partial charge in [0.15, 0.2) is 0 Å². The molecule has 0 spiro atoms. The molecule has 0 bridgehead atoms. The van der Waals surface area contributed by atoms with Crippen LogP contribution in [0.3, 0.4) is 0 Å². The number of hydrogen-bond donors (Lipinski definition) is 0. The van der Waals surface area contributed by atoms with Gasteiger partial charge in [0, 0.05) is 38.1 Å². The lowest BCUT2D eigenvalue weighted by Gasteiger charge is -2.40. The Bertz CT molecular complexity index is 1440. The predicted octanol–water partition coefficient (Wildman–Crippen LogP) is 5.59. The fourth-order valence-corrected chi connectivity index (χ4v) is 6.79. The Morgan fingerprint density at radius 2 is 1.76 bits per heavy atom. The van der Waals surface area contributed by atoms with Gasteiger partial charge in [0.2, 0.25) is 5.91 Å². The summed E-state index contributed by atoms with van der Waals surface area (Å²) < 4.78 is 12.5. The Morgan fingerprint density at radius 3 is 2.40 bits per heavy atom. The molecule has 6 rings (SSSR count). The van der Waals surface area contributed by atoms with Gasteiger partial charge >= 0.3 is 5.97 Å². The summed E-state index contributed by atoms with van der Waals surface area (Å²) in [5.41, 5.74) is 4.68. The minimum atomic E-state index is -0.522. The van der Waals surface area contributed by atoms with Crippen molar-refractivity contribution in [2.24, 2.45) is 11.8 Å². The van der Waals surface area contributed by atoms with E-state index in [1.165, 1.54) is 4.68 Å². The van der Waals surface area contributed by atoms with Gasteiger partial charge in [-0.15, -0.1) is 0 Å². The van der Waals surface area contributed by atoms with E-state index in [-0.39, 0.29) is 35.7 Å². The molecule has 0 radical (unpaired) electrons. The third-order valence-electron chi connectivity index (χ3n) is 9.04. The Labute approximate surface area is 252 Å². The maximum atomic E-state index is 14.2. The smallest absolute Gasteiger partial charge is 0.309 e. The van der Waals surface area contributed by atoms with E-state index in [0.717, 1.165) is 40.9 Å². The van der Waals surface area contributed by atoms with Crippen molar-refractivity contribution in [3.05, 3.63) is 57.4 Å². The van der Waals surface area contributed by atoms with Gasteiger partial charge in [0.1, 0.15) is 5.60 Å². The van der Waals surface area contributed by atoms with Crippen LogP contribution in [0, 0.1) is 11.8 Å². The van der Waals surface area contributed by atoms with Gasteiger partial charge in [-0.25, -0.2) is 0 Å². The number of nitrogens with zero attached hydrogens (tertiary/aromatic N) is 3. The zero-order valence-corrected chi connectivity index (χ0v) is 25.7. The second kappa shape index (κ2) is 11.3. The molecule has 1 aromatic carbocycles. The first-order valence-electron chi connectivity index (χ1n) is 15.2. The molecular weight excluding hydrogens is 554 g/mol. The van der Waals surface area contributed by atoms with E-state index in [1.807, 2.05) is 37.8 Å². The molecule has 2 aromatic rings. The second-order valence-corrected chi connectivity index (χ2v) is 13.7. The van der Waals surface area contributed by atoms with E-state index in [0.29, 0.717) is 68.1 Å². The number of carbonyl (C=O) groups excluding carboxylic acids is 3. The van der Waals surface area contributed by atoms with Crippen molar-refractivity contribution in [1.29, 1.82) is 0 Å². The summed E-state index contributed by atoms with van der Waals surface area (Å²) in [7, 11) is 1.67. The zero-order valence-electron chi connectivity index (χ0n) is 25.0. The van der Waals surface area contributed by atoms with Gasteiger partial charge in [-0.3, -0.25) is 14.4 Å². The molecule has 9 heteroatoms. The van der Waals surface area contributed by atoms with Crippen molar-refractivity contribution in [1.82, 2.24) is 14.7 Å². The number of aromatic nitrogens is 2. The van der Waals surface area contributed by atoms with Crippen molar-refractivity contribution in [2.45, 2.75) is 89.8 Å². The largest absolute Gasteiger partial charge is 0.460 e. The lowest BCUT2D eigenvalue weighted by molar-refractivity contribution is -0.160. The Morgan fingerprint density at radius 1 is 1.02 bits per heavy atom. The summed E-state index contributed by atoms with van der Waals surface area (Å²) in [6.45, 7) is 6.87. The average Bonchev–Trinajstić information content (AvgIpc) is 3.71. The summed E-state index contributed by atoms with van der Waals surface area (Å²) in [5.74, 6) is -0.346. The maximum absolute atomic E-state index is 14.2. The third kappa shape index (κ3) is 5.68. The number of rotatable bonds is 6. The first-order valence-corrected chi connectivity index (χ1v) is 15.6. The number of allylic oxidation sites excluding steroid dienone is 2. The quantitative estimate of drug-likeness (QED) is 0.406. The molecule has 224 valence electrons. The van der Waals surface area contributed by atoms with Crippen molar-refractivity contribution in [3.8, 4) is 0 Å². The van der Waals surface area contributed by atoms with E-state index in [1.54, 1.807) is 13.2 Å². The average molecular weight is 594 g/mol. The van der Waals surface area contributed by atoms with Crippen molar-refractivity contribution < 1.29 is 23.9 Å². The number of esters is 1. The summed E-state index contributed by atoms with van der Waals surface area (Å²) in [4.78, 5) is 42.2. The van der Waals surface area contributed by atoms with Crippen LogP contribution in [0.4, 0.5) is 0 Å². The van der Waals surface area contributed by atoms with Crippen LogP contribution in [0.5, 0.6) is 0 Å². The summed E-state index contributed by atoms with van der Waals surface area (Å²) in [6, 6.07) is 5.66. The normalized spacial score (nSPS) is 22.7. The second-order valence-electron chi connectivity index (χ2n) is 13.2. The molecule has 1 aliphatic heterocycles. The van der Waals surface area contributed by atoms with Gasteiger partial charge < -0.3 is 14.4 Å². The number of carbonyl (C=O) groups is 3. The fourth-order valence-electron chi connectivity index (χ4n) is 6.53. The van der Waals surface area contributed by atoms with Crippen molar-refractivity contribution in [2.75, 3.05) is 20.2 Å². The molecule has 8 nitrogen and oxygen atoms in total. The van der Waals surface area contributed by atoms with E-state index < -0.39 is 5.60 Å². The number of methoxy groups -OCH3 is 1. The van der Waals surface area contributed by atoms with E-state index in [2.05, 4.69) is 6.08 Å². The molecule has 1 amide bonds. The number of fused-ring (bicyclic) bond motifs is 1. The zero-order chi connectivity index (χ0) is 29.8. The van der Waals surface area contributed by atoms with E-state index in [9.17, 15) is 14.4 Å². The number of ether oxygens (including phenoxy) is 2. The Hall–Kier alpha value is -2.97. The number of benzene rings is 1. The van der Waals surface area contributed by atoms with Gasteiger partial charge in [-0.05, 0) is 88.8 Å². The first-order chi connectivity index (χ1) is 20.0. The standard InChI is InChI=1S/C33H40ClN3O5/c1-33(2,3)42-32(40)21-12-10-20(11-13-21)29-25-15-14-22(30(38)36-17-23(18-36)41-4)16-27(25)37(35-29)31(39)28-24(19-8-9-19)6-5-7-26(28)34/h5-7,10,19,21-23H,8-9,11-18H2,1-4H3/t21?,22-/m0/s1. The van der Waals surface area contributed by atoms with Gasteiger partial charge in [0.05, 0.1) is 34.0 Å². The molecule has 4 aliphatic rings. The highest BCUT2D eigenvalue weighted by Gasteiger charge is 2.40. The molecule has 0 N–H and O–H groups in total. The lowest BCUT2D eigenvalue weighted by atomic mass is 9.82. The van der Waals surface area contributed by atoms with Gasteiger partial charge in [-0.1, -0.05) is 29.8 Å². The topological polar surface area (TPSA) is 90.7 Å². The highest BCUT2D eigenvalue weighted by Crippen LogP contribution is 2.44. The third-order valence-corrected chi connectivity index (χ3v) is 9.35. The van der Waals surface area contributed by atoms with Crippen LogP contribution >= 0.6 is 11.6 Å². The summed E-state index contributed by atoms with van der Waals surface area (Å²) >= 11 is 6.66. The van der Waals surface area contributed by atoms with Crippen molar-refractivity contribution >= 4 is 35.0 Å². The molecule has 2 fully saturated rings. The number of halogens is 1. The van der Waals surface area contributed by atoms with Crippen LogP contribution in [-0.4, -0.2) is 64.4 Å². The summed E-state index contributed by atoms with van der Waals surface area (Å²) in [6.07, 6.45) is 8.02. The van der Waals surface area contributed by atoms with E-state index >= 15 is 0 Å². The molecule has 1 unspecified atom stereocenters. The van der Waals surface area contributed by atoms with Crippen LogP contribution in [0.25, 0.3) is 5.57 Å². The number of likely N-dealkylation sites (tertiary alicyclic amines) is 1. The first kappa shape index (κ1) is 29.1. The molecule has 3 aliphatic carbocycles. The van der Waals surface area contributed by atoms with Crippen LogP contribution in [0.1, 0.15) is 98.1 Å². The fraction of sp³-hybridized carbons (Fsp3) is 0.576. The van der Waals surface area contributed by atoms with Gasteiger partial charge in [-0.2, -0.15) is 9.78 Å². The number of hydrogen-bond acceptors (Lipinski definition) is 6. The molecule has 1 aromatic heterocycles. The molecule has 42 heavy (non-hydrogen) atoms. The highest BCUT2D eigenvalue weighted by atomic mass is 35.5. The minimum Gasteiger partial charge on any atom is -0.460 e. The molecular formula is C33H40ClN3O5. The van der Waals surface area contributed by atoms with Crippen molar-refractivity contribution in [3.63, 3.8) is 0 Å². The van der Waals surface area contributed by atoms with Crippen LogP contribution in [0.15, 0.2) is 24.3 Å². The SMILES string of the molecule is COC1CN(C(=O)[C@H]2CCc3c(C4=CCC(C(=O)OC(C)(C)C)CC4)nn(C(=O)c4c(Cl)cccc4C4CC4)c3C2)C1. The van der Waals surface area contributed by atoms with Crippen LogP contribution < -0.4 is 0 Å². The maximum Gasteiger partial charge on any atom is 0.309 e. The molecule has 1 saturated carbocycles. The molecule has 2 heterocycles. The predicted molar refractivity (Wildman–Crippen MR) is 159 cm³/mol. The minimum absolute atomic E-state index is 0.0932. The molecule has 1 saturated heterocycles. The lowest BCUT2D eigenvalue weighted by Crippen LogP contribution is -2.56. The molecule has 2 atom stereocenters. The van der Waals surface area contributed by atoms with E-state index in [4.69, 9.17) is 26.2 Å². The van der Waals surface area contributed by atoms with Gasteiger partial charge in [0.25, 0.3) is 5.91 Å². The highest BCUT2D eigenvalue weighted by molar-refractivity contribution is 6.34. The Balaban J connectivity index is 1.32. The Kier molecular flexibility index (Phi) is 7.81. The number of amides is 1. The summed E-state index contributed by atoms with van der Waals surface area (Å²) in [5, 5.41) is 5.39. The van der Waals surface area contributed by atoms with Crippen LogP contribution in [0.2, 0.25) is 5.02 Å². The monoisotopic (exact) mass is 593 g/mol. The van der Waals surface area contributed by atoms with Crippen LogP contribution in [-0.2, 0) is 31.9 Å².